The first kappa shape index (κ1) is 26.1. The molecule has 0 unspecified atom stereocenters. The molecule has 0 aliphatic rings. The van der Waals surface area contributed by atoms with Crippen LogP contribution in [0.15, 0.2) is 71.9 Å². The third kappa shape index (κ3) is 5.86. The molecular formula is C27H26Cl2N4O2S. The van der Waals surface area contributed by atoms with E-state index >= 15 is 0 Å². The number of benzene rings is 3. The van der Waals surface area contributed by atoms with Crippen LogP contribution in [-0.4, -0.2) is 33.5 Å². The summed E-state index contributed by atoms with van der Waals surface area (Å²) >= 11 is 13.7. The number of rotatable bonds is 7. The van der Waals surface area contributed by atoms with Crippen LogP contribution in [-0.2, 0) is 10.2 Å². The zero-order valence-corrected chi connectivity index (χ0v) is 22.7. The first-order valence-corrected chi connectivity index (χ1v) is 13.0. The minimum Gasteiger partial charge on any atom is -0.497 e. The van der Waals surface area contributed by atoms with Crippen molar-refractivity contribution in [3.8, 4) is 22.8 Å². The Kier molecular flexibility index (Phi) is 7.93. The number of carbonyl (C=O) groups is 1. The lowest BCUT2D eigenvalue weighted by molar-refractivity contribution is -0.113. The monoisotopic (exact) mass is 540 g/mol. The lowest BCUT2D eigenvalue weighted by Gasteiger charge is -2.19. The quantitative estimate of drug-likeness (QED) is 0.249. The van der Waals surface area contributed by atoms with Gasteiger partial charge in [-0.05, 0) is 47.4 Å². The Morgan fingerprint density at radius 3 is 2.19 bits per heavy atom. The topological polar surface area (TPSA) is 69.0 Å². The van der Waals surface area contributed by atoms with E-state index in [1.807, 2.05) is 41.0 Å². The molecule has 0 bridgehead atoms. The summed E-state index contributed by atoms with van der Waals surface area (Å²) in [5, 5.41) is 13.0. The standard InChI is InChI=1S/C27H26Cl2N4O2S/c1-27(2,3)18-10-8-17(9-11-18)25-31-32-26(33(25)19-12-14-20(35-4)15-13-19)36-16-23(34)30-24-21(28)6-5-7-22(24)29/h5-15H,16H2,1-4H3,(H,30,34). The number of hydrogen-bond acceptors (Lipinski definition) is 5. The molecule has 9 heteroatoms. The van der Waals surface area contributed by atoms with Crippen molar-refractivity contribution in [3.63, 3.8) is 0 Å². The van der Waals surface area contributed by atoms with Gasteiger partial charge in [0.25, 0.3) is 0 Å². The molecule has 4 aromatic rings. The van der Waals surface area contributed by atoms with Crippen LogP contribution in [0.1, 0.15) is 26.3 Å². The number of amides is 1. The van der Waals surface area contributed by atoms with Crippen molar-refractivity contribution in [1.82, 2.24) is 14.8 Å². The van der Waals surface area contributed by atoms with Gasteiger partial charge in [0.2, 0.25) is 5.91 Å². The number of thioether (sulfide) groups is 1. The first-order valence-electron chi connectivity index (χ1n) is 11.2. The molecule has 1 amide bonds. The number of methoxy groups -OCH3 is 1. The minimum absolute atomic E-state index is 0.0428. The number of aromatic nitrogens is 3. The van der Waals surface area contributed by atoms with Crippen LogP contribution in [0.2, 0.25) is 10.0 Å². The number of carbonyl (C=O) groups excluding carboxylic acids is 1. The third-order valence-electron chi connectivity index (χ3n) is 5.53. The summed E-state index contributed by atoms with van der Waals surface area (Å²) in [6, 6.07) is 21.0. The fraction of sp³-hybridized carbons (Fsp3) is 0.222. The highest BCUT2D eigenvalue weighted by Crippen LogP contribution is 2.32. The molecule has 0 radical (unpaired) electrons. The number of halogens is 2. The third-order valence-corrected chi connectivity index (χ3v) is 7.09. The Morgan fingerprint density at radius 2 is 1.61 bits per heavy atom. The van der Waals surface area contributed by atoms with E-state index in [-0.39, 0.29) is 17.1 Å². The molecule has 0 aliphatic carbocycles. The molecule has 0 saturated heterocycles. The van der Waals surface area contributed by atoms with Crippen molar-refractivity contribution in [2.45, 2.75) is 31.3 Å². The van der Waals surface area contributed by atoms with E-state index in [9.17, 15) is 4.79 Å². The Bertz CT molecular complexity index is 1340. The average Bonchev–Trinajstić information content (AvgIpc) is 3.28. The highest BCUT2D eigenvalue weighted by Gasteiger charge is 2.20. The molecule has 0 fully saturated rings. The second-order valence-corrected chi connectivity index (χ2v) is 10.9. The summed E-state index contributed by atoms with van der Waals surface area (Å²) in [5.41, 5.74) is 3.44. The minimum atomic E-state index is -0.254. The number of nitrogens with one attached hydrogen (secondary N) is 1. The van der Waals surface area contributed by atoms with Crippen molar-refractivity contribution >= 4 is 46.6 Å². The van der Waals surface area contributed by atoms with Gasteiger partial charge in [-0.15, -0.1) is 10.2 Å². The summed E-state index contributed by atoms with van der Waals surface area (Å²) in [6.45, 7) is 6.53. The lowest BCUT2D eigenvalue weighted by Crippen LogP contribution is -2.15. The van der Waals surface area contributed by atoms with Crippen molar-refractivity contribution in [3.05, 3.63) is 82.3 Å². The molecule has 6 nitrogen and oxygen atoms in total. The molecule has 36 heavy (non-hydrogen) atoms. The highest BCUT2D eigenvalue weighted by molar-refractivity contribution is 7.99. The highest BCUT2D eigenvalue weighted by atomic mass is 35.5. The maximum atomic E-state index is 12.7. The van der Waals surface area contributed by atoms with Gasteiger partial charge >= 0.3 is 0 Å². The second kappa shape index (κ2) is 10.9. The van der Waals surface area contributed by atoms with Gasteiger partial charge in [-0.3, -0.25) is 9.36 Å². The SMILES string of the molecule is COc1ccc(-n2c(SCC(=O)Nc3c(Cl)cccc3Cl)nnc2-c2ccc(C(C)(C)C)cc2)cc1. The number of nitrogens with zero attached hydrogens (tertiary/aromatic N) is 3. The molecule has 0 atom stereocenters. The molecule has 0 spiro atoms. The van der Waals surface area contributed by atoms with Gasteiger partial charge in [-0.2, -0.15) is 0 Å². The van der Waals surface area contributed by atoms with Gasteiger partial charge in [0.1, 0.15) is 5.75 Å². The van der Waals surface area contributed by atoms with Gasteiger partial charge in [0, 0.05) is 11.3 Å². The zero-order chi connectivity index (χ0) is 25.9. The van der Waals surface area contributed by atoms with Crippen molar-refractivity contribution in [2.75, 3.05) is 18.2 Å². The molecule has 186 valence electrons. The maximum Gasteiger partial charge on any atom is 0.234 e. The van der Waals surface area contributed by atoms with Crippen molar-refractivity contribution in [2.24, 2.45) is 0 Å². The van der Waals surface area contributed by atoms with E-state index < -0.39 is 0 Å². The van der Waals surface area contributed by atoms with E-state index in [1.165, 1.54) is 17.3 Å². The Labute approximate surface area is 225 Å². The molecule has 3 aromatic carbocycles. The predicted molar refractivity (Wildman–Crippen MR) is 148 cm³/mol. The van der Waals surface area contributed by atoms with Gasteiger partial charge in [0.15, 0.2) is 11.0 Å². The summed E-state index contributed by atoms with van der Waals surface area (Å²) in [7, 11) is 1.63. The number of hydrogen-bond donors (Lipinski definition) is 1. The maximum absolute atomic E-state index is 12.7. The van der Waals surface area contributed by atoms with Crippen molar-refractivity contribution in [1.29, 1.82) is 0 Å². The smallest absolute Gasteiger partial charge is 0.234 e. The first-order chi connectivity index (χ1) is 17.2. The Hall–Kier alpha value is -3.00. The lowest BCUT2D eigenvalue weighted by atomic mass is 9.87. The Morgan fingerprint density at radius 1 is 0.972 bits per heavy atom. The van der Waals surface area contributed by atoms with Crippen molar-refractivity contribution < 1.29 is 9.53 Å². The van der Waals surface area contributed by atoms with E-state index in [4.69, 9.17) is 27.9 Å². The summed E-state index contributed by atoms with van der Waals surface area (Å²) in [5.74, 6) is 1.26. The van der Waals surface area contributed by atoms with E-state index in [0.717, 1.165) is 17.0 Å². The largest absolute Gasteiger partial charge is 0.497 e. The Balaban J connectivity index is 1.64. The van der Waals surface area contributed by atoms with Crippen LogP contribution in [0.5, 0.6) is 5.75 Å². The zero-order valence-electron chi connectivity index (χ0n) is 20.4. The van der Waals surface area contributed by atoms with Gasteiger partial charge < -0.3 is 10.1 Å². The number of anilines is 1. The predicted octanol–water partition coefficient (Wildman–Crippen LogP) is 7.28. The molecule has 1 N–H and O–H groups in total. The van der Waals surface area contributed by atoms with E-state index in [2.05, 4.69) is 48.4 Å². The van der Waals surface area contributed by atoms with E-state index in [0.29, 0.717) is 26.7 Å². The second-order valence-electron chi connectivity index (χ2n) is 9.10. The van der Waals surface area contributed by atoms with Crippen LogP contribution < -0.4 is 10.1 Å². The molecule has 0 saturated carbocycles. The molecular weight excluding hydrogens is 515 g/mol. The summed E-state index contributed by atoms with van der Waals surface area (Å²) < 4.78 is 7.25. The molecule has 0 aliphatic heterocycles. The van der Waals surface area contributed by atoms with E-state index in [1.54, 1.807) is 25.3 Å². The fourth-order valence-electron chi connectivity index (χ4n) is 3.56. The van der Waals surface area contributed by atoms with Crippen LogP contribution >= 0.6 is 35.0 Å². The molecule has 1 aromatic heterocycles. The summed E-state index contributed by atoms with van der Waals surface area (Å²) in [4.78, 5) is 12.7. The van der Waals surface area contributed by atoms with Gasteiger partial charge in [-0.25, -0.2) is 0 Å². The van der Waals surface area contributed by atoms with Crippen LogP contribution in [0.3, 0.4) is 0 Å². The van der Waals surface area contributed by atoms with Crippen LogP contribution in [0.4, 0.5) is 5.69 Å². The summed E-state index contributed by atoms with van der Waals surface area (Å²) in [6.07, 6.45) is 0. The van der Waals surface area contributed by atoms with Gasteiger partial charge in [0.05, 0.1) is 28.6 Å². The fourth-order valence-corrected chi connectivity index (χ4v) is 4.80. The van der Waals surface area contributed by atoms with Gasteiger partial charge in [-0.1, -0.05) is 86.1 Å². The molecule has 4 rings (SSSR count). The normalized spacial score (nSPS) is 11.4. The van der Waals surface area contributed by atoms with Crippen LogP contribution in [0, 0.1) is 0 Å². The number of ether oxygens (including phenoxy) is 1. The van der Waals surface area contributed by atoms with Crippen LogP contribution in [0.25, 0.3) is 17.1 Å². The number of para-hydroxylation sites is 1. The molecule has 1 heterocycles. The average molecular weight is 542 g/mol.